The molecule has 1 fully saturated rings. The van der Waals surface area contributed by atoms with Crippen LogP contribution in [0.25, 0.3) is 0 Å². The lowest BCUT2D eigenvalue weighted by molar-refractivity contribution is 0.633. The molecule has 1 atom stereocenters. The summed E-state index contributed by atoms with van der Waals surface area (Å²) in [6, 6.07) is 1.96. The maximum atomic E-state index is 4.48. The molecule has 1 aromatic rings. The van der Waals surface area contributed by atoms with Gasteiger partial charge in [0.05, 0.1) is 0 Å². The number of rotatable bonds is 5. The van der Waals surface area contributed by atoms with Crippen LogP contribution in [0.15, 0.2) is 11.2 Å². The maximum absolute atomic E-state index is 4.48. The maximum Gasteiger partial charge on any atom is 0.191 e. The lowest BCUT2D eigenvalue weighted by atomic mass is 10.1. The number of anilines is 2. The number of nitrogens with zero attached hydrogens (tertiary/aromatic N) is 2. The quantitative estimate of drug-likeness (QED) is 0.640. The van der Waals surface area contributed by atoms with Gasteiger partial charge in [0.15, 0.2) is 5.16 Å². The SMILES string of the molecule is CNc1cc(NCC2(C)CCCS2)nc(SC)n1. The van der Waals surface area contributed by atoms with Gasteiger partial charge >= 0.3 is 0 Å². The molecule has 1 aromatic heterocycles. The Kier molecular flexibility index (Phi) is 4.61. The van der Waals surface area contributed by atoms with Gasteiger partial charge in [-0.2, -0.15) is 11.8 Å². The fourth-order valence-corrected chi connectivity index (χ4v) is 3.61. The van der Waals surface area contributed by atoms with Gasteiger partial charge in [-0.1, -0.05) is 11.8 Å². The zero-order chi connectivity index (χ0) is 13.0. The van der Waals surface area contributed by atoms with E-state index in [-0.39, 0.29) is 0 Å². The molecule has 100 valence electrons. The molecule has 1 saturated heterocycles. The Morgan fingerprint density at radius 1 is 1.44 bits per heavy atom. The molecule has 18 heavy (non-hydrogen) atoms. The number of nitrogens with one attached hydrogen (secondary N) is 2. The van der Waals surface area contributed by atoms with Crippen LogP contribution in [0.3, 0.4) is 0 Å². The van der Waals surface area contributed by atoms with E-state index in [1.54, 1.807) is 11.8 Å². The minimum absolute atomic E-state index is 0.351. The molecule has 0 aromatic carbocycles. The third-order valence-electron chi connectivity index (χ3n) is 3.09. The summed E-state index contributed by atoms with van der Waals surface area (Å²) in [6.45, 7) is 3.29. The van der Waals surface area contributed by atoms with Crippen molar-refractivity contribution in [3.63, 3.8) is 0 Å². The van der Waals surface area contributed by atoms with Crippen LogP contribution in [0.2, 0.25) is 0 Å². The Balaban J connectivity index is 2.04. The van der Waals surface area contributed by atoms with E-state index < -0.39 is 0 Å². The number of hydrogen-bond acceptors (Lipinski definition) is 6. The summed E-state index contributed by atoms with van der Waals surface area (Å²) in [6.07, 6.45) is 4.60. The number of hydrogen-bond donors (Lipinski definition) is 2. The molecule has 0 aliphatic carbocycles. The molecule has 2 heterocycles. The van der Waals surface area contributed by atoms with Crippen molar-refractivity contribution in [1.82, 2.24) is 9.97 Å². The molecule has 0 bridgehead atoms. The zero-order valence-electron chi connectivity index (χ0n) is 11.1. The highest BCUT2D eigenvalue weighted by Gasteiger charge is 2.29. The zero-order valence-corrected chi connectivity index (χ0v) is 12.7. The van der Waals surface area contributed by atoms with Gasteiger partial charge in [0.1, 0.15) is 11.6 Å². The molecule has 1 aliphatic rings. The molecule has 0 spiro atoms. The summed E-state index contributed by atoms with van der Waals surface area (Å²) < 4.78 is 0.351. The van der Waals surface area contributed by atoms with Crippen molar-refractivity contribution in [2.45, 2.75) is 29.7 Å². The third kappa shape index (κ3) is 3.45. The van der Waals surface area contributed by atoms with Gasteiger partial charge in [-0.3, -0.25) is 0 Å². The molecular weight excluding hydrogens is 264 g/mol. The largest absolute Gasteiger partial charge is 0.373 e. The van der Waals surface area contributed by atoms with E-state index in [0.717, 1.165) is 23.3 Å². The average molecular weight is 284 g/mol. The molecule has 0 amide bonds. The second kappa shape index (κ2) is 6.02. The Labute approximate surface area is 117 Å². The first kappa shape index (κ1) is 13.8. The van der Waals surface area contributed by atoms with Crippen LogP contribution in [-0.4, -0.2) is 40.3 Å². The van der Waals surface area contributed by atoms with Gasteiger partial charge in [-0.25, -0.2) is 9.97 Å². The fraction of sp³-hybridized carbons (Fsp3) is 0.667. The molecule has 2 rings (SSSR count). The summed E-state index contributed by atoms with van der Waals surface area (Å²) in [4.78, 5) is 8.85. The predicted octanol–water partition coefficient (Wildman–Crippen LogP) is 2.94. The normalized spacial score (nSPS) is 23.1. The van der Waals surface area contributed by atoms with E-state index >= 15 is 0 Å². The highest BCUT2D eigenvalue weighted by atomic mass is 32.2. The van der Waals surface area contributed by atoms with E-state index in [1.807, 2.05) is 19.4 Å². The predicted molar refractivity (Wildman–Crippen MR) is 81.9 cm³/mol. The van der Waals surface area contributed by atoms with Crippen molar-refractivity contribution in [3.05, 3.63) is 6.07 Å². The first-order valence-electron chi connectivity index (χ1n) is 6.14. The first-order valence-corrected chi connectivity index (χ1v) is 8.35. The molecule has 2 N–H and O–H groups in total. The van der Waals surface area contributed by atoms with E-state index in [1.165, 1.54) is 18.6 Å². The second-order valence-electron chi connectivity index (χ2n) is 4.63. The smallest absolute Gasteiger partial charge is 0.191 e. The van der Waals surface area contributed by atoms with Gasteiger partial charge < -0.3 is 10.6 Å². The van der Waals surface area contributed by atoms with Crippen molar-refractivity contribution >= 4 is 35.2 Å². The van der Waals surface area contributed by atoms with Crippen LogP contribution >= 0.6 is 23.5 Å². The number of aromatic nitrogens is 2. The van der Waals surface area contributed by atoms with E-state index in [9.17, 15) is 0 Å². The standard InChI is InChI=1S/C12H20N4S2/c1-12(5-4-6-18-12)8-14-10-7-9(13-2)15-11(16-10)17-3/h7H,4-6,8H2,1-3H3,(H2,13,14,15,16). The van der Waals surface area contributed by atoms with Crippen molar-refractivity contribution in [3.8, 4) is 0 Å². The highest BCUT2D eigenvalue weighted by molar-refractivity contribution is 8.00. The van der Waals surface area contributed by atoms with Crippen molar-refractivity contribution in [2.75, 3.05) is 36.2 Å². The lowest BCUT2D eigenvalue weighted by Gasteiger charge is -2.23. The monoisotopic (exact) mass is 284 g/mol. The van der Waals surface area contributed by atoms with Crippen LogP contribution in [0.5, 0.6) is 0 Å². The minimum atomic E-state index is 0.351. The summed E-state index contributed by atoms with van der Waals surface area (Å²) in [7, 11) is 1.88. The Hall–Kier alpha value is -0.620. The van der Waals surface area contributed by atoms with Crippen LogP contribution in [0, 0.1) is 0 Å². The highest BCUT2D eigenvalue weighted by Crippen LogP contribution is 2.37. The summed E-state index contributed by atoms with van der Waals surface area (Å²) in [5.41, 5.74) is 0. The van der Waals surface area contributed by atoms with Gasteiger partial charge in [-0.15, -0.1) is 0 Å². The molecule has 1 aliphatic heterocycles. The molecule has 6 heteroatoms. The van der Waals surface area contributed by atoms with Gasteiger partial charge in [0, 0.05) is 24.4 Å². The van der Waals surface area contributed by atoms with Gasteiger partial charge in [0.2, 0.25) is 0 Å². The van der Waals surface area contributed by atoms with Gasteiger partial charge in [-0.05, 0) is 31.8 Å². The Bertz CT molecular complexity index is 383. The molecule has 4 nitrogen and oxygen atoms in total. The van der Waals surface area contributed by atoms with Crippen LogP contribution in [0.4, 0.5) is 11.6 Å². The van der Waals surface area contributed by atoms with Crippen LogP contribution < -0.4 is 10.6 Å². The van der Waals surface area contributed by atoms with E-state index in [4.69, 9.17) is 0 Å². The number of thioether (sulfide) groups is 2. The van der Waals surface area contributed by atoms with Crippen molar-refractivity contribution in [1.29, 1.82) is 0 Å². The average Bonchev–Trinajstić information content (AvgIpc) is 2.83. The molecular formula is C12H20N4S2. The lowest BCUT2D eigenvalue weighted by Crippen LogP contribution is -2.27. The van der Waals surface area contributed by atoms with Gasteiger partial charge in [0.25, 0.3) is 0 Å². The summed E-state index contributed by atoms with van der Waals surface area (Å²) in [5.74, 6) is 3.05. The van der Waals surface area contributed by atoms with E-state index in [2.05, 4.69) is 39.3 Å². The molecule has 0 saturated carbocycles. The van der Waals surface area contributed by atoms with E-state index in [0.29, 0.717) is 4.75 Å². The Morgan fingerprint density at radius 3 is 2.83 bits per heavy atom. The van der Waals surface area contributed by atoms with Crippen molar-refractivity contribution in [2.24, 2.45) is 0 Å². The minimum Gasteiger partial charge on any atom is -0.373 e. The van der Waals surface area contributed by atoms with Crippen LogP contribution in [-0.2, 0) is 0 Å². The fourth-order valence-electron chi connectivity index (χ4n) is 1.99. The summed E-state index contributed by atoms with van der Waals surface area (Å²) in [5, 5.41) is 7.32. The van der Waals surface area contributed by atoms with Crippen LogP contribution in [0.1, 0.15) is 19.8 Å². The first-order chi connectivity index (χ1) is 8.65. The van der Waals surface area contributed by atoms with Crippen molar-refractivity contribution < 1.29 is 0 Å². The second-order valence-corrected chi connectivity index (χ2v) is 7.09. The third-order valence-corrected chi connectivity index (χ3v) is 5.17. The molecule has 0 radical (unpaired) electrons. The summed E-state index contributed by atoms with van der Waals surface area (Å²) >= 11 is 3.62. The topological polar surface area (TPSA) is 49.8 Å². The Morgan fingerprint density at radius 2 is 2.22 bits per heavy atom. The molecule has 1 unspecified atom stereocenters.